The van der Waals surface area contributed by atoms with E-state index < -0.39 is 34.8 Å². The molecule has 148 valence electrons. The second-order valence-electron chi connectivity index (χ2n) is 6.92. The number of hydrogen-bond donors (Lipinski definition) is 0. The number of carbonyl (C=O) groups is 1. The Labute approximate surface area is 167 Å². The number of benzene rings is 3. The third-order valence-electron chi connectivity index (χ3n) is 5.12. The zero-order chi connectivity index (χ0) is 21.0. The van der Waals surface area contributed by atoms with Crippen LogP contribution in [0.25, 0.3) is 11.0 Å². The Morgan fingerprint density at radius 3 is 2.03 bits per heavy atom. The highest BCUT2D eigenvalue weighted by Crippen LogP contribution is 2.41. The molecule has 1 atom stereocenters. The molecule has 1 aromatic heterocycles. The van der Waals surface area contributed by atoms with Gasteiger partial charge in [-0.25, -0.2) is 13.2 Å². The first kappa shape index (κ1) is 18.2. The summed E-state index contributed by atoms with van der Waals surface area (Å²) < 4.78 is 46.4. The summed E-state index contributed by atoms with van der Waals surface area (Å²) in [5.41, 5.74) is 0.326. The Morgan fingerprint density at radius 1 is 0.767 bits per heavy atom. The quantitative estimate of drug-likeness (QED) is 0.472. The molecule has 1 unspecified atom stereocenters. The molecule has 4 aromatic rings. The molecule has 0 aliphatic carbocycles. The summed E-state index contributed by atoms with van der Waals surface area (Å²) in [4.78, 5) is 27.8. The van der Waals surface area contributed by atoms with Gasteiger partial charge in [0.15, 0.2) is 5.43 Å². The van der Waals surface area contributed by atoms with E-state index in [1.54, 1.807) is 0 Å². The number of halogens is 3. The van der Waals surface area contributed by atoms with Crippen LogP contribution < -0.4 is 10.3 Å². The van der Waals surface area contributed by atoms with E-state index in [4.69, 9.17) is 4.42 Å². The Hall–Kier alpha value is -3.87. The maximum absolute atomic E-state index is 13.8. The zero-order valence-corrected chi connectivity index (χ0v) is 15.2. The summed E-state index contributed by atoms with van der Waals surface area (Å²) >= 11 is 0. The molecular formula is C23H12F3NO3. The highest BCUT2D eigenvalue weighted by molar-refractivity contribution is 6.10. The van der Waals surface area contributed by atoms with Crippen molar-refractivity contribution in [3.05, 3.63) is 111 Å². The smallest absolute Gasteiger partial charge is 0.295 e. The molecule has 4 nitrogen and oxygen atoms in total. The largest absolute Gasteiger partial charge is 0.450 e. The normalized spacial score (nSPS) is 15.6. The van der Waals surface area contributed by atoms with E-state index >= 15 is 0 Å². The van der Waals surface area contributed by atoms with Gasteiger partial charge >= 0.3 is 0 Å². The molecule has 0 saturated carbocycles. The van der Waals surface area contributed by atoms with Crippen LogP contribution in [-0.2, 0) is 0 Å². The minimum atomic E-state index is -0.942. The van der Waals surface area contributed by atoms with Crippen LogP contribution in [-0.4, -0.2) is 5.91 Å². The van der Waals surface area contributed by atoms with Crippen molar-refractivity contribution < 1.29 is 22.4 Å². The maximum atomic E-state index is 13.8. The first-order valence-corrected chi connectivity index (χ1v) is 9.05. The predicted molar refractivity (Wildman–Crippen MR) is 104 cm³/mol. The van der Waals surface area contributed by atoms with Crippen LogP contribution in [0.3, 0.4) is 0 Å². The Kier molecular flexibility index (Phi) is 3.99. The molecule has 0 saturated heterocycles. The fourth-order valence-electron chi connectivity index (χ4n) is 3.77. The van der Waals surface area contributed by atoms with Gasteiger partial charge in [0.2, 0.25) is 5.76 Å². The molecule has 0 fully saturated rings. The van der Waals surface area contributed by atoms with Crippen molar-refractivity contribution in [1.82, 2.24) is 0 Å². The molecule has 0 radical (unpaired) electrons. The van der Waals surface area contributed by atoms with Crippen molar-refractivity contribution in [1.29, 1.82) is 0 Å². The molecule has 7 heteroatoms. The van der Waals surface area contributed by atoms with E-state index in [-0.39, 0.29) is 22.3 Å². The highest BCUT2D eigenvalue weighted by atomic mass is 19.1. The second-order valence-corrected chi connectivity index (χ2v) is 6.92. The lowest BCUT2D eigenvalue weighted by molar-refractivity contribution is 0.0971. The summed E-state index contributed by atoms with van der Waals surface area (Å²) in [6.07, 6.45) is 0. The van der Waals surface area contributed by atoms with Gasteiger partial charge in [0.1, 0.15) is 23.0 Å². The molecular weight excluding hydrogens is 395 g/mol. The van der Waals surface area contributed by atoms with Crippen LogP contribution in [0, 0.1) is 17.5 Å². The summed E-state index contributed by atoms with van der Waals surface area (Å²) in [5.74, 6) is -2.37. The molecule has 30 heavy (non-hydrogen) atoms. The molecule has 5 rings (SSSR count). The SMILES string of the molecule is O=C1c2oc3ccc(F)cc3c(=O)c2C(c2ccc(F)cc2)N1c1ccc(F)cc1. The summed E-state index contributed by atoms with van der Waals surface area (Å²) in [7, 11) is 0. The molecule has 0 N–H and O–H groups in total. The lowest BCUT2D eigenvalue weighted by Gasteiger charge is -2.25. The van der Waals surface area contributed by atoms with E-state index in [2.05, 4.69) is 0 Å². The van der Waals surface area contributed by atoms with Gasteiger partial charge in [0.25, 0.3) is 5.91 Å². The molecule has 0 bridgehead atoms. The summed E-state index contributed by atoms with van der Waals surface area (Å²) in [6.45, 7) is 0. The van der Waals surface area contributed by atoms with Gasteiger partial charge in [-0.1, -0.05) is 12.1 Å². The van der Waals surface area contributed by atoms with Gasteiger partial charge in [0.05, 0.1) is 17.0 Å². The minimum Gasteiger partial charge on any atom is -0.450 e. The third kappa shape index (κ3) is 2.70. The lowest BCUT2D eigenvalue weighted by atomic mass is 9.98. The standard InChI is InChI=1S/C23H12F3NO3/c24-13-3-1-12(2-4-13)20-19-21(28)17-11-15(26)7-10-18(17)30-22(19)23(29)27(20)16-8-5-14(25)6-9-16/h1-11,20H. The van der Waals surface area contributed by atoms with Crippen molar-refractivity contribution in [2.45, 2.75) is 6.04 Å². The van der Waals surface area contributed by atoms with E-state index in [0.717, 1.165) is 12.1 Å². The number of anilines is 1. The monoisotopic (exact) mass is 407 g/mol. The van der Waals surface area contributed by atoms with Crippen molar-refractivity contribution in [2.24, 2.45) is 0 Å². The van der Waals surface area contributed by atoms with E-state index in [9.17, 15) is 22.8 Å². The fourth-order valence-corrected chi connectivity index (χ4v) is 3.77. The average molecular weight is 407 g/mol. The Bertz CT molecular complexity index is 1360. The van der Waals surface area contributed by atoms with Crippen molar-refractivity contribution in [3.63, 3.8) is 0 Å². The van der Waals surface area contributed by atoms with Crippen LogP contribution in [0.1, 0.15) is 27.7 Å². The van der Waals surface area contributed by atoms with Gasteiger partial charge in [0, 0.05) is 5.69 Å². The first-order valence-electron chi connectivity index (χ1n) is 9.05. The van der Waals surface area contributed by atoms with Gasteiger partial charge in [-0.2, -0.15) is 0 Å². The molecule has 1 aliphatic rings. The molecule has 1 amide bonds. The van der Waals surface area contributed by atoms with Crippen LogP contribution >= 0.6 is 0 Å². The molecule has 2 heterocycles. The summed E-state index contributed by atoms with van der Waals surface area (Å²) in [5, 5.41) is -0.00498. The lowest BCUT2D eigenvalue weighted by Crippen LogP contribution is -2.29. The Balaban J connectivity index is 1.81. The van der Waals surface area contributed by atoms with E-state index in [1.165, 1.54) is 59.5 Å². The topological polar surface area (TPSA) is 50.5 Å². The zero-order valence-electron chi connectivity index (χ0n) is 15.2. The fraction of sp³-hybridized carbons (Fsp3) is 0.0435. The van der Waals surface area contributed by atoms with Gasteiger partial charge < -0.3 is 4.42 Å². The number of amides is 1. The number of fused-ring (bicyclic) bond motifs is 2. The van der Waals surface area contributed by atoms with Gasteiger partial charge in [-0.05, 0) is 60.2 Å². The van der Waals surface area contributed by atoms with Crippen LogP contribution in [0.5, 0.6) is 0 Å². The second kappa shape index (κ2) is 6.59. The van der Waals surface area contributed by atoms with Crippen molar-refractivity contribution in [2.75, 3.05) is 4.90 Å². The average Bonchev–Trinajstić information content (AvgIpc) is 3.03. The summed E-state index contributed by atoms with van der Waals surface area (Å²) in [6, 6.07) is 13.0. The van der Waals surface area contributed by atoms with Gasteiger partial charge in [-0.15, -0.1) is 0 Å². The third-order valence-corrected chi connectivity index (χ3v) is 5.12. The van der Waals surface area contributed by atoms with E-state index in [0.29, 0.717) is 11.3 Å². The van der Waals surface area contributed by atoms with Gasteiger partial charge in [-0.3, -0.25) is 14.5 Å². The van der Waals surface area contributed by atoms with Crippen LogP contribution in [0.4, 0.5) is 18.9 Å². The number of rotatable bonds is 2. The molecule has 1 aliphatic heterocycles. The highest BCUT2D eigenvalue weighted by Gasteiger charge is 2.43. The van der Waals surface area contributed by atoms with Crippen LogP contribution in [0.15, 0.2) is 75.9 Å². The predicted octanol–water partition coefficient (Wildman–Crippen LogP) is 4.96. The maximum Gasteiger partial charge on any atom is 0.295 e. The van der Waals surface area contributed by atoms with Crippen molar-refractivity contribution in [3.8, 4) is 0 Å². The number of nitrogens with zero attached hydrogens (tertiary/aromatic N) is 1. The molecule has 3 aromatic carbocycles. The number of carbonyl (C=O) groups excluding carboxylic acids is 1. The minimum absolute atomic E-state index is 0.00498. The van der Waals surface area contributed by atoms with Crippen LogP contribution in [0.2, 0.25) is 0 Å². The van der Waals surface area contributed by atoms with E-state index in [1.807, 2.05) is 0 Å². The Morgan fingerprint density at radius 2 is 1.37 bits per heavy atom. The number of hydrogen-bond acceptors (Lipinski definition) is 3. The molecule has 0 spiro atoms. The first-order chi connectivity index (χ1) is 14.4. The van der Waals surface area contributed by atoms with Crippen molar-refractivity contribution >= 4 is 22.6 Å².